The van der Waals surface area contributed by atoms with Gasteiger partial charge in [0, 0.05) is 34.8 Å². The van der Waals surface area contributed by atoms with Gasteiger partial charge in [-0.3, -0.25) is 4.79 Å². The van der Waals surface area contributed by atoms with Crippen LogP contribution in [0.25, 0.3) is 0 Å². The molecule has 0 unspecified atom stereocenters. The Morgan fingerprint density at radius 2 is 1.89 bits per heavy atom. The number of rotatable bonds is 2. The first-order valence-electron chi connectivity index (χ1n) is 6.48. The smallest absolute Gasteiger partial charge is 0.159 e. The van der Waals surface area contributed by atoms with Gasteiger partial charge in [0.2, 0.25) is 0 Å². The SMILES string of the molecule is CC(=O)c1ccc(N2CCSC(C)(C)CC2)cc1. The molecule has 2 nitrogen and oxygen atoms in total. The molecule has 0 radical (unpaired) electrons. The number of anilines is 1. The van der Waals surface area contributed by atoms with E-state index in [1.807, 2.05) is 12.1 Å². The van der Waals surface area contributed by atoms with E-state index in [1.165, 1.54) is 17.9 Å². The van der Waals surface area contributed by atoms with Crippen molar-refractivity contribution in [3.8, 4) is 0 Å². The van der Waals surface area contributed by atoms with Crippen LogP contribution in [0.3, 0.4) is 0 Å². The predicted molar refractivity (Wildman–Crippen MR) is 79.8 cm³/mol. The van der Waals surface area contributed by atoms with Crippen LogP contribution in [0.4, 0.5) is 5.69 Å². The van der Waals surface area contributed by atoms with Gasteiger partial charge in [0.05, 0.1) is 0 Å². The monoisotopic (exact) mass is 263 g/mol. The zero-order chi connectivity index (χ0) is 13.2. The molecule has 1 saturated heterocycles. The van der Waals surface area contributed by atoms with Gasteiger partial charge >= 0.3 is 0 Å². The maximum absolute atomic E-state index is 11.3. The Balaban J connectivity index is 2.09. The summed E-state index contributed by atoms with van der Waals surface area (Å²) in [6.07, 6.45) is 1.20. The highest BCUT2D eigenvalue weighted by atomic mass is 32.2. The molecule has 1 aliphatic heterocycles. The minimum absolute atomic E-state index is 0.133. The molecule has 0 aromatic heterocycles. The number of Topliss-reactive ketones (excluding diaryl/α,β-unsaturated/α-hetero) is 1. The predicted octanol–water partition coefficient (Wildman–Crippen LogP) is 3.61. The van der Waals surface area contributed by atoms with Crippen LogP contribution < -0.4 is 4.90 Å². The number of hydrogen-bond acceptors (Lipinski definition) is 3. The van der Waals surface area contributed by atoms with Crippen LogP contribution in [0.1, 0.15) is 37.6 Å². The Labute approximate surface area is 114 Å². The van der Waals surface area contributed by atoms with Crippen LogP contribution in [-0.4, -0.2) is 29.4 Å². The van der Waals surface area contributed by atoms with E-state index in [9.17, 15) is 4.79 Å². The quantitative estimate of drug-likeness (QED) is 0.760. The number of benzene rings is 1. The minimum Gasteiger partial charge on any atom is -0.371 e. The Hall–Kier alpha value is -0.960. The molecule has 0 atom stereocenters. The molecule has 18 heavy (non-hydrogen) atoms. The maximum atomic E-state index is 11.3. The Bertz CT molecular complexity index is 425. The van der Waals surface area contributed by atoms with Crippen molar-refractivity contribution in [1.82, 2.24) is 0 Å². The Morgan fingerprint density at radius 1 is 1.22 bits per heavy atom. The molecular weight excluding hydrogens is 242 g/mol. The third kappa shape index (κ3) is 3.29. The lowest BCUT2D eigenvalue weighted by Crippen LogP contribution is -2.26. The van der Waals surface area contributed by atoms with Crippen molar-refractivity contribution < 1.29 is 4.79 Å². The molecule has 3 heteroatoms. The third-order valence-corrected chi connectivity index (χ3v) is 4.85. The van der Waals surface area contributed by atoms with Gasteiger partial charge in [-0.15, -0.1) is 0 Å². The van der Waals surface area contributed by atoms with Gasteiger partial charge in [-0.25, -0.2) is 0 Å². The van der Waals surface area contributed by atoms with Gasteiger partial charge < -0.3 is 4.90 Å². The summed E-state index contributed by atoms with van der Waals surface area (Å²) in [5.74, 6) is 1.30. The van der Waals surface area contributed by atoms with Gasteiger partial charge in [-0.2, -0.15) is 11.8 Å². The largest absolute Gasteiger partial charge is 0.371 e. The normalized spacial score (nSPS) is 19.4. The third-order valence-electron chi connectivity index (χ3n) is 3.48. The standard InChI is InChI=1S/C15H21NOS/c1-12(17)13-4-6-14(7-5-13)16-9-8-15(2,3)18-11-10-16/h4-7H,8-11H2,1-3H3. The summed E-state index contributed by atoms with van der Waals surface area (Å²) in [6.45, 7) is 8.44. The molecule has 0 amide bonds. The lowest BCUT2D eigenvalue weighted by molar-refractivity contribution is 0.101. The topological polar surface area (TPSA) is 20.3 Å². The van der Waals surface area contributed by atoms with Gasteiger partial charge in [0.15, 0.2) is 5.78 Å². The van der Waals surface area contributed by atoms with Crippen molar-refractivity contribution in [3.63, 3.8) is 0 Å². The molecule has 0 N–H and O–H groups in total. The summed E-state index contributed by atoms with van der Waals surface area (Å²) in [5, 5.41) is 0. The van der Waals surface area contributed by atoms with E-state index in [0.717, 1.165) is 18.7 Å². The average Bonchev–Trinajstić information content (AvgIpc) is 2.50. The molecule has 0 aliphatic carbocycles. The van der Waals surface area contributed by atoms with Crippen molar-refractivity contribution in [2.24, 2.45) is 0 Å². The maximum Gasteiger partial charge on any atom is 0.159 e. The lowest BCUT2D eigenvalue weighted by Gasteiger charge is -2.24. The molecule has 1 aliphatic rings. The van der Waals surface area contributed by atoms with Crippen LogP contribution in [0.2, 0.25) is 0 Å². The minimum atomic E-state index is 0.133. The Morgan fingerprint density at radius 3 is 2.50 bits per heavy atom. The molecule has 2 rings (SSSR count). The second kappa shape index (κ2) is 5.35. The van der Waals surface area contributed by atoms with E-state index >= 15 is 0 Å². The van der Waals surface area contributed by atoms with Crippen molar-refractivity contribution in [1.29, 1.82) is 0 Å². The number of nitrogens with zero attached hydrogens (tertiary/aromatic N) is 1. The molecule has 0 saturated carbocycles. The summed E-state index contributed by atoms with van der Waals surface area (Å²) < 4.78 is 0.383. The fourth-order valence-electron chi connectivity index (χ4n) is 2.19. The van der Waals surface area contributed by atoms with Crippen LogP contribution in [0.15, 0.2) is 24.3 Å². The van der Waals surface area contributed by atoms with Gasteiger partial charge in [0.25, 0.3) is 0 Å². The molecule has 1 aromatic carbocycles. The fraction of sp³-hybridized carbons (Fsp3) is 0.533. The van der Waals surface area contributed by atoms with Gasteiger partial charge in [-0.1, -0.05) is 13.8 Å². The molecule has 0 spiro atoms. The van der Waals surface area contributed by atoms with E-state index in [4.69, 9.17) is 0 Å². The first kappa shape index (κ1) is 13.5. The Kier molecular flexibility index (Phi) is 4.00. The molecule has 0 bridgehead atoms. The van der Waals surface area contributed by atoms with E-state index in [2.05, 4.69) is 42.6 Å². The van der Waals surface area contributed by atoms with Crippen LogP contribution >= 0.6 is 11.8 Å². The number of carbonyl (C=O) groups excluding carboxylic acids is 1. The summed E-state index contributed by atoms with van der Waals surface area (Å²) in [7, 11) is 0. The van der Waals surface area contributed by atoms with Crippen LogP contribution in [-0.2, 0) is 0 Å². The van der Waals surface area contributed by atoms with Gasteiger partial charge in [0.1, 0.15) is 0 Å². The van der Waals surface area contributed by atoms with E-state index in [0.29, 0.717) is 4.75 Å². The second-order valence-electron chi connectivity index (χ2n) is 5.45. The molecule has 1 heterocycles. The van der Waals surface area contributed by atoms with Crippen molar-refractivity contribution in [2.75, 3.05) is 23.7 Å². The van der Waals surface area contributed by atoms with Crippen molar-refractivity contribution in [3.05, 3.63) is 29.8 Å². The first-order valence-corrected chi connectivity index (χ1v) is 7.46. The summed E-state index contributed by atoms with van der Waals surface area (Å²) >= 11 is 2.05. The first-order chi connectivity index (χ1) is 8.48. The van der Waals surface area contributed by atoms with Crippen molar-refractivity contribution >= 4 is 23.2 Å². The molecule has 1 fully saturated rings. The van der Waals surface area contributed by atoms with Gasteiger partial charge in [-0.05, 0) is 37.6 Å². The summed E-state index contributed by atoms with van der Waals surface area (Å²) in [4.78, 5) is 13.7. The molecule has 1 aromatic rings. The second-order valence-corrected chi connectivity index (χ2v) is 7.25. The number of hydrogen-bond donors (Lipinski definition) is 0. The zero-order valence-corrected chi connectivity index (χ0v) is 12.2. The molecule has 98 valence electrons. The summed E-state index contributed by atoms with van der Waals surface area (Å²) in [5.41, 5.74) is 2.03. The highest BCUT2D eigenvalue weighted by Gasteiger charge is 2.23. The van der Waals surface area contributed by atoms with E-state index < -0.39 is 0 Å². The summed E-state index contributed by atoms with van der Waals surface area (Å²) in [6, 6.07) is 8.00. The zero-order valence-electron chi connectivity index (χ0n) is 11.4. The highest BCUT2D eigenvalue weighted by Crippen LogP contribution is 2.32. The number of ketones is 1. The van der Waals surface area contributed by atoms with Crippen LogP contribution in [0.5, 0.6) is 0 Å². The van der Waals surface area contributed by atoms with Crippen LogP contribution in [0, 0.1) is 0 Å². The lowest BCUT2D eigenvalue weighted by atomic mass is 10.1. The molecular formula is C15H21NOS. The highest BCUT2D eigenvalue weighted by molar-refractivity contribution is 8.00. The van der Waals surface area contributed by atoms with Crippen molar-refractivity contribution in [2.45, 2.75) is 31.9 Å². The number of carbonyl (C=O) groups is 1. The van der Waals surface area contributed by atoms with E-state index in [-0.39, 0.29) is 5.78 Å². The van der Waals surface area contributed by atoms with E-state index in [1.54, 1.807) is 6.92 Å². The fourth-order valence-corrected chi connectivity index (χ4v) is 3.29. The number of thioether (sulfide) groups is 1. The average molecular weight is 263 g/mol.